The van der Waals surface area contributed by atoms with Crippen molar-refractivity contribution in [2.75, 3.05) is 5.73 Å². The SMILES string of the molecule is Cc1nc(N)n(C(=O)c2c(C)nn(C)c2Cl)n1. The van der Waals surface area contributed by atoms with E-state index < -0.39 is 5.91 Å². The van der Waals surface area contributed by atoms with Gasteiger partial charge in [-0.05, 0) is 13.8 Å². The molecule has 0 aliphatic rings. The lowest BCUT2D eigenvalue weighted by Crippen LogP contribution is -2.17. The number of carbonyl (C=O) groups excluding carboxylic acids is 1. The van der Waals surface area contributed by atoms with Gasteiger partial charge in [0.2, 0.25) is 5.95 Å². The second-order valence-corrected chi connectivity index (χ2v) is 3.97. The minimum atomic E-state index is -0.432. The predicted molar refractivity (Wildman–Crippen MR) is 61.9 cm³/mol. The second kappa shape index (κ2) is 3.85. The summed E-state index contributed by atoms with van der Waals surface area (Å²) in [5, 5.41) is 8.22. The van der Waals surface area contributed by atoms with Crippen LogP contribution in [0.1, 0.15) is 21.9 Å². The van der Waals surface area contributed by atoms with Gasteiger partial charge in [0, 0.05) is 7.05 Å². The molecule has 2 aromatic rings. The van der Waals surface area contributed by atoms with Crippen LogP contribution in [0, 0.1) is 13.8 Å². The van der Waals surface area contributed by atoms with Crippen molar-refractivity contribution in [3.8, 4) is 0 Å². The van der Waals surface area contributed by atoms with Gasteiger partial charge in [0.05, 0.1) is 5.69 Å². The van der Waals surface area contributed by atoms with Crippen molar-refractivity contribution in [1.82, 2.24) is 24.5 Å². The van der Waals surface area contributed by atoms with Crippen LogP contribution in [-0.2, 0) is 7.05 Å². The average molecular weight is 255 g/mol. The van der Waals surface area contributed by atoms with E-state index in [1.165, 1.54) is 4.68 Å². The largest absolute Gasteiger partial charge is 0.368 e. The first-order chi connectivity index (χ1) is 7.91. The van der Waals surface area contributed by atoms with Crippen LogP contribution in [0.5, 0.6) is 0 Å². The minimum Gasteiger partial charge on any atom is -0.368 e. The molecule has 8 heteroatoms. The van der Waals surface area contributed by atoms with Crippen molar-refractivity contribution < 1.29 is 4.79 Å². The highest BCUT2D eigenvalue weighted by Crippen LogP contribution is 2.20. The van der Waals surface area contributed by atoms with Crippen molar-refractivity contribution in [3.05, 3.63) is 22.2 Å². The first kappa shape index (κ1) is 11.6. The van der Waals surface area contributed by atoms with E-state index in [2.05, 4.69) is 15.2 Å². The van der Waals surface area contributed by atoms with Gasteiger partial charge in [-0.3, -0.25) is 9.48 Å². The van der Waals surface area contributed by atoms with E-state index >= 15 is 0 Å². The molecule has 2 N–H and O–H groups in total. The van der Waals surface area contributed by atoms with Crippen LogP contribution < -0.4 is 5.73 Å². The van der Waals surface area contributed by atoms with Gasteiger partial charge in [-0.1, -0.05) is 11.6 Å². The molecule has 0 aromatic carbocycles. The van der Waals surface area contributed by atoms with Crippen LogP contribution in [0.4, 0.5) is 5.95 Å². The first-order valence-corrected chi connectivity index (χ1v) is 5.22. The average Bonchev–Trinajstić information content (AvgIpc) is 2.68. The third-order valence-corrected chi connectivity index (χ3v) is 2.73. The Hall–Kier alpha value is -1.89. The lowest BCUT2D eigenvalue weighted by molar-refractivity contribution is 0.0947. The maximum atomic E-state index is 12.2. The third-order valence-electron chi connectivity index (χ3n) is 2.30. The van der Waals surface area contributed by atoms with Gasteiger partial charge in [0.15, 0.2) is 0 Å². The minimum absolute atomic E-state index is 0.0341. The van der Waals surface area contributed by atoms with Crippen LogP contribution in [0.3, 0.4) is 0 Å². The Bertz CT molecular complexity index is 599. The van der Waals surface area contributed by atoms with Crippen molar-refractivity contribution in [2.45, 2.75) is 13.8 Å². The van der Waals surface area contributed by atoms with Crippen LogP contribution in [0.25, 0.3) is 0 Å². The van der Waals surface area contributed by atoms with Gasteiger partial charge in [-0.2, -0.15) is 14.8 Å². The van der Waals surface area contributed by atoms with E-state index in [4.69, 9.17) is 17.3 Å². The van der Waals surface area contributed by atoms with Gasteiger partial charge in [0.1, 0.15) is 16.5 Å². The molecule has 0 unspecified atom stereocenters. The van der Waals surface area contributed by atoms with Gasteiger partial charge >= 0.3 is 0 Å². The Kier molecular flexibility index (Phi) is 2.62. The number of nitrogen functional groups attached to an aromatic ring is 1. The number of nitrogens with zero attached hydrogens (tertiary/aromatic N) is 5. The highest BCUT2D eigenvalue weighted by Gasteiger charge is 2.23. The lowest BCUT2D eigenvalue weighted by Gasteiger charge is -2.00. The molecular weight excluding hydrogens is 244 g/mol. The molecule has 0 amide bonds. The van der Waals surface area contributed by atoms with Gasteiger partial charge < -0.3 is 5.73 Å². The lowest BCUT2D eigenvalue weighted by atomic mass is 10.2. The first-order valence-electron chi connectivity index (χ1n) is 4.84. The summed E-state index contributed by atoms with van der Waals surface area (Å²) >= 11 is 6.00. The molecule has 0 aliphatic heterocycles. The summed E-state index contributed by atoms with van der Waals surface area (Å²) in [5.41, 5.74) is 6.39. The molecule has 0 saturated heterocycles. The number of aromatic nitrogens is 5. The van der Waals surface area contributed by atoms with Crippen molar-refractivity contribution in [2.24, 2.45) is 7.05 Å². The number of carbonyl (C=O) groups is 1. The summed E-state index contributed by atoms with van der Waals surface area (Å²) in [5.74, 6) is 0.0269. The standard InChI is InChI=1S/C9H11ClN6O/c1-4-6(7(10)15(3)13-4)8(17)16-9(11)12-5(2)14-16/h1-3H3,(H2,11,12,14). The molecule has 0 bridgehead atoms. The molecule has 0 aliphatic carbocycles. The molecule has 0 spiro atoms. The number of rotatable bonds is 1. The van der Waals surface area contributed by atoms with Gasteiger partial charge in [-0.25, -0.2) is 0 Å². The molecular formula is C9H11ClN6O. The molecule has 17 heavy (non-hydrogen) atoms. The molecule has 7 nitrogen and oxygen atoms in total. The maximum Gasteiger partial charge on any atom is 0.286 e. The van der Waals surface area contributed by atoms with Crippen molar-refractivity contribution in [3.63, 3.8) is 0 Å². The number of nitrogens with two attached hydrogens (primary N) is 1. The second-order valence-electron chi connectivity index (χ2n) is 3.61. The smallest absolute Gasteiger partial charge is 0.286 e. The topological polar surface area (TPSA) is 91.6 Å². The molecule has 2 aromatic heterocycles. The van der Waals surface area contributed by atoms with Crippen LogP contribution in [0.2, 0.25) is 5.15 Å². The number of anilines is 1. The van der Waals surface area contributed by atoms with Crippen molar-refractivity contribution in [1.29, 1.82) is 0 Å². The summed E-state index contributed by atoms with van der Waals surface area (Å²) in [6, 6.07) is 0. The van der Waals surface area contributed by atoms with Gasteiger partial charge in [-0.15, -0.1) is 5.10 Å². The highest BCUT2D eigenvalue weighted by molar-refractivity contribution is 6.33. The maximum absolute atomic E-state index is 12.2. The summed E-state index contributed by atoms with van der Waals surface area (Å²) in [6.07, 6.45) is 0. The predicted octanol–water partition coefficient (Wildman–Crippen LogP) is 0.553. The Balaban J connectivity index is 2.55. The summed E-state index contributed by atoms with van der Waals surface area (Å²) in [7, 11) is 1.65. The van der Waals surface area contributed by atoms with Crippen LogP contribution in [-0.4, -0.2) is 30.5 Å². The highest BCUT2D eigenvalue weighted by atomic mass is 35.5. The Labute approximate surface area is 102 Å². The number of hydrogen-bond acceptors (Lipinski definition) is 5. The summed E-state index contributed by atoms with van der Waals surface area (Å²) < 4.78 is 2.44. The molecule has 0 atom stereocenters. The van der Waals surface area contributed by atoms with Crippen LogP contribution >= 0.6 is 11.6 Å². The van der Waals surface area contributed by atoms with E-state index in [1.807, 2.05) is 0 Å². The normalized spacial score (nSPS) is 10.8. The number of halogens is 1. The van der Waals surface area contributed by atoms with E-state index in [0.29, 0.717) is 11.5 Å². The van der Waals surface area contributed by atoms with E-state index in [-0.39, 0.29) is 16.7 Å². The summed E-state index contributed by atoms with van der Waals surface area (Å²) in [6.45, 7) is 3.34. The molecule has 2 rings (SSSR count). The fraction of sp³-hybridized carbons (Fsp3) is 0.333. The summed E-state index contributed by atoms with van der Waals surface area (Å²) in [4.78, 5) is 16.0. The molecule has 0 radical (unpaired) electrons. The Morgan fingerprint density at radius 2 is 2.00 bits per heavy atom. The fourth-order valence-corrected chi connectivity index (χ4v) is 1.82. The number of hydrogen-bond donors (Lipinski definition) is 1. The monoisotopic (exact) mass is 254 g/mol. The zero-order chi connectivity index (χ0) is 12.7. The molecule has 90 valence electrons. The number of aryl methyl sites for hydroxylation is 3. The van der Waals surface area contributed by atoms with E-state index in [0.717, 1.165) is 4.68 Å². The van der Waals surface area contributed by atoms with E-state index in [9.17, 15) is 4.79 Å². The molecule has 2 heterocycles. The third kappa shape index (κ3) is 1.78. The Morgan fingerprint density at radius 3 is 2.41 bits per heavy atom. The van der Waals surface area contributed by atoms with E-state index in [1.54, 1.807) is 20.9 Å². The van der Waals surface area contributed by atoms with Gasteiger partial charge in [0.25, 0.3) is 5.91 Å². The molecule has 0 fully saturated rings. The molecule has 0 saturated carbocycles. The fourth-order valence-electron chi connectivity index (χ4n) is 1.56. The van der Waals surface area contributed by atoms with Crippen LogP contribution in [0.15, 0.2) is 0 Å². The zero-order valence-electron chi connectivity index (χ0n) is 9.60. The van der Waals surface area contributed by atoms with Crippen molar-refractivity contribution >= 4 is 23.5 Å². The quantitative estimate of drug-likeness (QED) is 0.802. The zero-order valence-corrected chi connectivity index (χ0v) is 10.4. The Morgan fingerprint density at radius 1 is 1.35 bits per heavy atom.